The number of piperidine rings is 1. The van der Waals surface area contributed by atoms with Gasteiger partial charge in [-0.15, -0.1) is 0 Å². The quantitative estimate of drug-likeness (QED) is 0.0547. The molecular formula is C49H56FN2O7P. The van der Waals surface area contributed by atoms with Crippen molar-refractivity contribution in [3.8, 4) is 0 Å². The molecule has 1 heterocycles. The molecule has 6 rings (SSSR count). The molecule has 5 aromatic rings. The molecule has 1 fully saturated rings. The van der Waals surface area contributed by atoms with Gasteiger partial charge >= 0.3 is 19.8 Å². The van der Waals surface area contributed by atoms with Crippen molar-refractivity contribution >= 4 is 19.8 Å². The number of phosphoric ester groups is 1. The van der Waals surface area contributed by atoms with E-state index in [1.165, 1.54) is 28.2 Å². The summed E-state index contributed by atoms with van der Waals surface area (Å²) in [7, 11) is -4.21. The number of carbonyl (C=O) groups is 2. The minimum Gasteiger partial charge on any atom is -0.461 e. The zero-order valence-corrected chi connectivity index (χ0v) is 35.0. The lowest BCUT2D eigenvalue weighted by atomic mass is 10.00. The molecule has 1 aliphatic rings. The number of carbonyl (C=O) groups excluding carboxylic acids is 2. The second-order valence-corrected chi connectivity index (χ2v) is 16.9. The van der Waals surface area contributed by atoms with Gasteiger partial charge in [-0.05, 0) is 104 Å². The number of urea groups is 1. The van der Waals surface area contributed by atoms with Crippen molar-refractivity contribution in [2.24, 2.45) is 0 Å². The van der Waals surface area contributed by atoms with Gasteiger partial charge in [0.25, 0.3) is 0 Å². The summed E-state index contributed by atoms with van der Waals surface area (Å²) in [6.07, 6.45) is 6.69. The first-order valence-electron chi connectivity index (χ1n) is 21.0. The molecule has 2 atom stereocenters. The smallest absolute Gasteiger partial charge is 0.461 e. The summed E-state index contributed by atoms with van der Waals surface area (Å²) in [4.78, 5) is 29.8. The van der Waals surface area contributed by atoms with Crippen molar-refractivity contribution in [3.63, 3.8) is 0 Å². The number of hydrogen-bond acceptors (Lipinski definition) is 7. The molecule has 60 heavy (non-hydrogen) atoms. The predicted octanol–water partition coefficient (Wildman–Crippen LogP) is 10.8. The highest BCUT2D eigenvalue weighted by Gasteiger charge is 2.36. The number of nitrogens with one attached hydrogen (secondary N) is 1. The van der Waals surface area contributed by atoms with Crippen LogP contribution in [-0.4, -0.2) is 48.2 Å². The molecule has 9 nitrogen and oxygen atoms in total. The van der Waals surface area contributed by atoms with Crippen LogP contribution in [0.3, 0.4) is 0 Å². The summed E-state index contributed by atoms with van der Waals surface area (Å²) < 4.78 is 52.5. The Kier molecular flexibility index (Phi) is 17.5. The second-order valence-electron chi connectivity index (χ2n) is 15.3. The van der Waals surface area contributed by atoms with E-state index in [2.05, 4.69) is 29.6 Å². The van der Waals surface area contributed by atoms with Crippen molar-refractivity contribution < 1.29 is 36.9 Å². The normalized spacial score (nSPS) is 14.8. The summed E-state index contributed by atoms with van der Waals surface area (Å²) >= 11 is 0. The van der Waals surface area contributed by atoms with Gasteiger partial charge in [0.2, 0.25) is 0 Å². The fourth-order valence-corrected chi connectivity index (χ4v) is 8.59. The van der Waals surface area contributed by atoms with Crippen LogP contribution in [0, 0.1) is 5.82 Å². The highest BCUT2D eigenvalue weighted by atomic mass is 31.2. The van der Waals surface area contributed by atoms with Crippen molar-refractivity contribution in [1.82, 2.24) is 10.2 Å². The summed E-state index contributed by atoms with van der Waals surface area (Å²) in [6, 6.07) is 43.0. The van der Waals surface area contributed by atoms with Crippen LogP contribution >= 0.6 is 7.82 Å². The van der Waals surface area contributed by atoms with Gasteiger partial charge in [-0.3, -0.25) is 13.6 Å². The number of aryl methyl sites for hydroxylation is 2. The lowest BCUT2D eigenvalue weighted by Gasteiger charge is -2.36. The van der Waals surface area contributed by atoms with Crippen LogP contribution in [-0.2, 0) is 60.1 Å². The number of ether oxygens (including phenoxy) is 1. The minimum absolute atomic E-state index is 0.0368. The van der Waals surface area contributed by atoms with Crippen LogP contribution in [0.15, 0.2) is 146 Å². The topological polar surface area (TPSA) is 103 Å². The summed E-state index contributed by atoms with van der Waals surface area (Å²) in [5, 5.41) is 3.02. The SMILES string of the molecule is O=C(OC(CCCc1ccccc1)CCCc1ccccc1)[C@@H]1CCCCN1C(=O)N[C@@H](COP(=O)(OCc1ccccc1)OCc1ccccc1)Cc1cccc(F)c1. The maximum Gasteiger partial charge on any atom is 0.475 e. The van der Waals surface area contributed by atoms with Crippen molar-refractivity contribution in [1.29, 1.82) is 0 Å². The number of hydrogen-bond donors (Lipinski definition) is 1. The number of halogens is 1. The fourth-order valence-electron chi connectivity index (χ4n) is 7.39. The number of phosphoric acid groups is 1. The lowest BCUT2D eigenvalue weighted by Crippen LogP contribution is -2.55. The van der Waals surface area contributed by atoms with Crippen molar-refractivity contribution in [3.05, 3.63) is 179 Å². The number of benzene rings is 5. The Bertz CT molecular complexity index is 1980. The Morgan fingerprint density at radius 1 is 0.667 bits per heavy atom. The lowest BCUT2D eigenvalue weighted by molar-refractivity contribution is -0.156. The summed E-state index contributed by atoms with van der Waals surface area (Å²) in [5.41, 5.74) is 4.61. The van der Waals surface area contributed by atoms with Gasteiger partial charge < -0.3 is 15.0 Å². The van der Waals surface area contributed by atoms with Gasteiger partial charge in [0, 0.05) is 6.54 Å². The molecule has 1 saturated heterocycles. The van der Waals surface area contributed by atoms with Gasteiger partial charge in [-0.25, -0.2) is 18.5 Å². The molecule has 316 valence electrons. The standard InChI is InChI=1S/C49H56FN2O7P/c50-44-29-15-28-43(34-44)35-45(38-58-60(55,56-36-41-22-9-3-10-23-41)57-37-42-24-11-4-12-25-42)51-49(54)52-33-14-13-32-47(52)48(53)59-46(30-16-26-39-18-5-1-6-19-39)31-17-27-40-20-7-2-8-21-40/h1-12,15,18-25,28-29,34,45-47H,13-14,16-17,26-27,30-33,35-38H2,(H,51,54)/t45-,47+/m1/s1. The molecular weight excluding hydrogens is 779 g/mol. The Balaban J connectivity index is 1.14. The van der Waals surface area contributed by atoms with Crippen molar-refractivity contribution in [2.45, 2.75) is 95.6 Å². The van der Waals surface area contributed by atoms with E-state index in [9.17, 15) is 18.5 Å². The number of esters is 1. The first-order valence-corrected chi connectivity index (χ1v) is 22.5. The van der Waals surface area contributed by atoms with Crippen LogP contribution in [0.25, 0.3) is 0 Å². The Morgan fingerprint density at radius 2 is 1.18 bits per heavy atom. The van der Waals surface area contributed by atoms with E-state index in [4.69, 9.17) is 18.3 Å². The van der Waals surface area contributed by atoms with E-state index in [1.807, 2.05) is 97.1 Å². The third kappa shape index (κ3) is 14.9. The third-order valence-corrected chi connectivity index (χ3v) is 11.9. The maximum absolute atomic E-state index is 14.4. The van der Waals surface area contributed by atoms with Crippen LogP contribution in [0.1, 0.15) is 72.8 Å². The van der Waals surface area contributed by atoms with Crippen LogP contribution in [0.2, 0.25) is 0 Å². The highest BCUT2D eigenvalue weighted by molar-refractivity contribution is 7.48. The van der Waals surface area contributed by atoms with E-state index in [-0.39, 0.29) is 32.3 Å². The van der Waals surface area contributed by atoms with Crippen molar-refractivity contribution in [2.75, 3.05) is 13.2 Å². The molecule has 0 spiro atoms. The van der Waals surface area contributed by atoms with Gasteiger partial charge in [0.05, 0.1) is 25.9 Å². The molecule has 0 unspecified atom stereocenters. The van der Waals surface area contributed by atoms with Gasteiger partial charge in [-0.1, -0.05) is 133 Å². The largest absolute Gasteiger partial charge is 0.475 e. The van der Waals surface area contributed by atoms with E-state index >= 15 is 0 Å². The highest BCUT2D eigenvalue weighted by Crippen LogP contribution is 2.51. The zero-order valence-electron chi connectivity index (χ0n) is 34.1. The van der Waals surface area contributed by atoms with Crippen LogP contribution in [0.5, 0.6) is 0 Å². The average Bonchev–Trinajstić information content (AvgIpc) is 3.28. The van der Waals surface area contributed by atoms with Gasteiger partial charge in [0.15, 0.2) is 0 Å². The molecule has 0 saturated carbocycles. The van der Waals surface area contributed by atoms with E-state index < -0.39 is 37.7 Å². The minimum atomic E-state index is -4.21. The molecule has 0 radical (unpaired) electrons. The number of amides is 2. The number of likely N-dealkylation sites (tertiary alicyclic amines) is 1. The fraction of sp³-hybridized carbons (Fsp3) is 0.347. The summed E-state index contributed by atoms with van der Waals surface area (Å²) in [5.74, 6) is -0.845. The van der Waals surface area contributed by atoms with Gasteiger partial charge in [0.1, 0.15) is 18.0 Å². The molecule has 11 heteroatoms. The Labute approximate surface area is 353 Å². The first kappa shape index (κ1) is 44.4. The average molecular weight is 835 g/mol. The number of rotatable bonds is 22. The Hall–Kier alpha value is -5.12. The second kappa shape index (κ2) is 23.6. The summed E-state index contributed by atoms with van der Waals surface area (Å²) in [6.45, 7) is -0.00252. The molecule has 0 aliphatic carbocycles. The third-order valence-electron chi connectivity index (χ3n) is 10.6. The maximum atomic E-state index is 14.4. The van der Waals surface area contributed by atoms with Crippen LogP contribution < -0.4 is 5.32 Å². The molecule has 0 aromatic heterocycles. The first-order chi connectivity index (χ1) is 29.3. The van der Waals surface area contributed by atoms with E-state index in [0.29, 0.717) is 31.4 Å². The number of nitrogens with zero attached hydrogens (tertiary/aromatic N) is 1. The van der Waals surface area contributed by atoms with Crippen LogP contribution in [0.4, 0.5) is 9.18 Å². The molecule has 0 bridgehead atoms. The van der Waals surface area contributed by atoms with E-state index in [1.54, 1.807) is 12.1 Å². The molecule has 1 N–H and O–H groups in total. The molecule has 5 aromatic carbocycles. The predicted molar refractivity (Wildman–Crippen MR) is 231 cm³/mol. The zero-order chi connectivity index (χ0) is 41.8. The monoisotopic (exact) mass is 834 g/mol. The Morgan fingerprint density at radius 3 is 1.72 bits per heavy atom. The molecule has 2 amide bonds. The van der Waals surface area contributed by atoms with E-state index in [0.717, 1.165) is 49.7 Å². The molecule has 1 aliphatic heterocycles. The van der Waals surface area contributed by atoms with Gasteiger partial charge in [-0.2, -0.15) is 0 Å².